The number of rotatable bonds is 5. The maximum Gasteiger partial charge on any atom is 0.191 e. The molecule has 0 saturated carbocycles. The van der Waals surface area contributed by atoms with Gasteiger partial charge in [0.25, 0.3) is 0 Å². The number of guanidine groups is 1. The average molecular weight is 434 g/mol. The highest BCUT2D eigenvalue weighted by molar-refractivity contribution is 14.0. The summed E-state index contributed by atoms with van der Waals surface area (Å²) in [4.78, 5) is 7.18. The zero-order valence-electron chi connectivity index (χ0n) is 13.4. The molecule has 2 heterocycles. The summed E-state index contributed by atoms with van der Waals surface area (Å²) < 4.78 is 1.95. The maximum atomic E-state index is 4.56. The summed E-state index contributed by atoms with van der Waals surface area (Å²) in [5, 5.41) is 14.7. The minimum absolute atomic E-state index is 0. The Morgan fingerprint density at radius 3 is 2.59 bits per heavy atom. The summed E-state index contributed by atoms with van der Waals surface area (Å²) in [5.41, 5.74) is 0. The lowest BCUT2D eigenvalue weighted by Crippen LogP contribution is -2.36. The summed E-state index contributed by atoms with van der Waals surface area (Å²) in [5.74, 6) is 2.55. The molecule has 0 aliphatic carbocycles. The molecule has 0 aliphatic heterocycles. The van der Waals surface area contributed by atoms with Gasteiger partial charge in [0.15, 0.2) is 11.8 Å². The van der Waals surface area contributed by atoms with Crippen molar-refractivity contribution in [2.24, 2.45) is 12.0 Å². The minimum Gasteiger partial charge on any atom is -0.357 e. The van der Waals surface area contributed by atoms with Gasteiger partial charge in [-0.25, -0.2) is 4.99 Å². The number of hydrogen-bond acceptors (Lipinski definition) is 4. The van der Waals surface area contributed by atoms with Crippen molar-refractivity contribution in [2.75, 3.05) is 6.54 Å². The Hall–Kier alpha value is -1.16. The lowest BCUT2D eigenvalue weighted by molar-refractivity contribution is 0.757. The number of hydrogen-bond donors (Lipinski definition) is 2. The molecule has 0 aliphatic rings. The number of nitrogens with zero attached hydrogens (tertiary/aromatic N) is 4. The second-order valence-corrected chi connectivity index (χ2v) is 6.16. The van der Waals surface area contributed by atoms with E-state index in [1.807, 2.05) is 18.5 Å². The predicted octanol–water partition coefficient (Wildman–Crippen LogP) is 2.37. The SMILES string of the molecule is CCNC(=NCc1nnc(C)n1C)NCc1ccc(C)s1.I. The number of aryl methyl sites for hydroxylation is 2. The summed E-state index contributed by atoms with van der Waals surface area (Å²) in [7, 11) is 1.95. The second-order valence-electron chi connectivity index (χ2n) is 4.78. The third-order valence-electron chi connectivity index (χ3n) is 3.13. The minimum atomic E-state index is 0. The molecule has 0 radical (unpaired) electrons. The first-order valence-corrected chi connectivity index (χ1v) is 7.84. The van der Waals surface area contributed by atoms with Crippen molar-refractivity contribution in [3.63, 3.8) is 0 Å². The van der Waals surface area contributed by atoms with Crippen molar-refractivity contribution in [2.45, 2.75) is 33.9 Å². The Kier molecular flexibility index (Phi) is 7.80. The van der Waals surface area contributed by atoms with Gasteiger partial charge in [0.05, 0.1) is 6.54 Å². The lowest BCUT2D eigenvalue weighted by Gasteiger charge is -2.10. The molecule has 2 N–H and O–H groups in total. The molecule has 2 aromatic rings. The van der Waals surface area contributed by atoms with Crippen LogP contribution in [-0.4, -0.2) is 27.3 Å². The van der Waals surface area contributed by atoms with Crippen molar-refractivity contribution in [1.29, 1.82) is 0 Å². The summed E-state index contributed by atoms with van der Waals surface area (Å²) in [6, 6.07) is 4.27. The molecular weight excluding hydrogens is 411 g/mol. The van der Waals surface area contributed by atoms with E-state index in [-0.39, 0.29) is 24.0 Å². The van der Waals surface area contributed by atoms with Crippen LogP contribution in [-0.2, 0) is 20.1 Å². The molecule has 2 rings (SSSR count). The molecule has 0 fully saturated rings. The van der Waals surface area contributed by atoms with Gasteiger partial charge in [0.2, 0.25) is 0 Å². The van der Waals surface area contributed by atoms with E-state index >= 15 is 0 Å². The number of aliphatic imine (C=N–C) groups is 1. The fraction of sp³-hybridized carbons (Fsp3) is 0.500. The third-order valence-corrected chi connectivity index (χ3v) is 4.13. The molecule has 0 atom stereocenters. The van der Waals surface area contributed by atoms with E-state index in [9.17, 15) is 0 Å². The van der Waals surface area contributed by atoms with Crippen LogP contribution in [0.2, 0.25) is 0 Å². The Balaban J connectivity index is 0.00000242. The number of thiophene rings is 1. The van der Waals surface area contributed by atoms with Gasteiger partial charge in [-0.3, -0.25) is 0 Å². The molecule has 0 saturated heterocycles. The predicted molar refractivity (Wildman–Crippen MR) is 102 cm³/mol. The number of aromatic nitrogens is 3. The molecule has 6 nitrogen and oxygen atoms in total. The lowest BCUT2D eigenvalue weighted by atomic mass is 10.4. The van der Waals surface area contributed by atoms with Gasteiger partial charge in [-0.15, -0.1) is 45.5 Å². The first kappa shape index (κ1) is 18.9. The molecule has 0 spiro atoms. The standard InChI is InChI=1S/C14H22N6S.HI/c1-5-15-14(16-8-12-7-6-10(2)21-12)17-9-13-19-18-11(3)20(13)4;/h6-7H,5,8-9H2,1-4H3,(H2,15,16,17);1H. The fourth-order valence-electron chi connectivity index (χ4n) is 1.83. The first-order chi connectivity index (χ1) is 10.1. The van der Waals surface area contributed by atoms with Gasteiger partial charge < -0.3 is 15.2 Å². The van der Waals surface area contributed by atoms with Crippen LogP contribution in [0, 0.1) is 13.8 Å². The first-order valence-electron chi connectivity index (χ1n) is 7.02. The van der Waals surface area contributed by atoms with Crippen LogP contribution in [0.5, 0.6) is 0 Å². The molecule has 0 bridgehead atoms. The zero-order valence-corrected chi connectivity index (χ0v) is 16.5. The monoisotopic (exact) mass is 434 g/mol. The summed E-state index contributed by atoms with van der Waals surface area (Å²) in [6.07, 6.45) is 0. The second kappa shape index (κ2) is 9.09. The Labute approximate surface area is 152 Å². The summed E-state index contributed by atoms with van der Waals surface area (Å²) >= 11 is 1.80. The molecular formula is C14H23IN6S. The quantitative estimate of drug-likeness (QED) is 0.431. The molecule has 0 amide bonds. The molecule has 122 valence electrons. The van der Waals surface area contributed by atoms with E-state index in [1.54, 1.807) is 11.3 Å². The van der Waals surface area contributed by atoms with Gasteiger partial charge in [-0.2, -0.15) is 0 Å². The Morgan fingerprint density at radius 1 is 1.27 bits per heavy atom. The Bertz CT molecular complexity index is 619. The largest absolute Gasteiger partial charge is 0.357 e. The molecule has 8 heteroatoms. The van der Waals surface area contributed by atoms with Crippen molar-refractivity contribution < 1.29 is 0 Å². The third kappa shape index (κ3) is 5.24. The van der Waals surface area contributed by atoms with Crippen molar-refractivity contribution in [3.05, 3.63) is 33.5 Å². The van der Waals surface area contributed by atoms with E-state index in [0.29, 0.717) is 6.54 Å². The van der Waals surface area contributed by atoms with Gasteiger partial charge >= 0.3 is 0 Å². The van der Waals surface area contributed by atoms with E-state index < -0.39 is 0 Å². The highest BCUT2D eigenvalue weighted by Gasteiger charge is 2.05. The van der Waals surface area contributed by atoms with Crippen LogP contribution in [0.15, 0.2) is 17.1 Å². The van der Waals surface area contributed by atoms with E-state index in [2.05, 4.69) is 51.8 Å². The number of nitrogens with one attached hydrogen (secondary N) is 2. The van der Waals surface area contributed by atoms with Gasteiger partial charge in [0.1, 0.15) is 12.4 Å². The van der Waals surface area contributed by atoms with Crippen molar-refractivity contribution >= 4 is 41.3 Å². The maximum absolute atomic E-state index is 4.56. The van der Waals surface area contributed by atoms with Crippen LogP contribution >= 0.6 is 35.3 Å². The molecule has 2 aromatic heterocycles. The zero-order chi connectivity index (χ0) is 15.2. The van der Waals surface area contributed by atoms with Crippen LogP contribution in [0.25, 0.3) is 0 Å². The molecule has 22 heavy (non-hydrogen) atoms. The number of halogens is 1. The van der Waals surface area contributed by atoms with Gasteiger partial charge in [-0.1, -0.05) is 0 Å². The topological polar surface area (TPSA) is 67.1 Å². The molecule has 0 unspecified atom stereocenters. The van der Waals surface area contributed by atoms with Crippen LogP contribution in [0.4, 0.5) is 0 Å². The van der Waals surface area contributed by atoms with Gasteiger partial charge in [-0.05, 0) is 32.9 Å². The van der Waals surface area contributed by atoms with Gasteiger partial charge in [0, 0.05) is 23.3 Å². The van der Waals surface area contributed by atoms with E-state index in [0.717, 1.165) is 30.7 Å². The fourth-order valence-corrected chi connectivity index (χ4v) is 2.66. The highest BCUT2D eigenvalue weighted by atomic mass is 127. The Morgan fingerprint density at radius 2 is 2.05 bits per heavy atom. The summed E-state index contributed by atoms with van der Waals surface area (Å²) in [6.45, 7) is 8.22. The van der Waals surface area contributed by atoms with Crippen molar-refractivity contribution in [3.8, 4) is 0 Å². The average Bonchev–Trinajstić information content (AvgIpc) is 3.01. The van der Waals surface area contributed by atoms with Crippen LogP contribution in [0.3, 0.4) is 0 Å². The molecule has 0 aromatic carbocycles. The van der Waals surface area contributed by atoms with E-state index in [4.69, 9.17) is 0 Å². The van der Waals surface area contributed by atoms with E-state index in [1.165, 1.54) is 9.75 Å². The normalized spacial score (nSPS) is 11.2. The smallest absolute Gasteiger partial charge is 0.191 e. The van der Waals surface area contributed by atoms with Crippen LogP contribution < -0.4 is 10.6 Å². The van der Waals surface area contributed by atoms with Crippen LogP contribution in [0.1, 0.15) is 28.3 Å². The van der Waals surface area contributed by atoms with Crippen molar-refractivity contribution in [1.82, 2.24) is 25.4 Å². The highest BCUT2D eigenvalue weighted by Crippen LogP contribution is 2.14.